The Bertz CT molecular complexity index is 1130. The number of aliphatic hydroxyl groups is 1. The number of nitrogens with zero attached hydrogens (tertiary/aromatic N) is 4. The van der Waals surface area contributed by atoms with Crippen LogP contribution >= 0.6 is 0 Å². The van der Waals surface area contributed by atoms with Gasteiger partial charge in [0.1, 0.15) is 17.7 Å². The summed E-state index contributed by atoms with van der Waals surface area (Å²) >= 11 is 0. The lowest BCUT2D eigenvalue weighted by Gasteiger charge is -2.39. The van der Waals surface area contributed by atoms with Gasteiger partial charge in [-0.1, -0.05) is 39.0 Å². The third-order valence-corrected chi connectivity index (χ3v) is 6.45. The second-order valence-electron chi connectivity index (χ2n) is 9.26. The van der Waals surface area contributed by atoms with Crippen LogP contribution in [0, 0.1) is 22.6 Å². The second kappa shape index (κ2) is 7.51. The van der Waals surface area contributed by atoms with Gasteiger partial charge in [0, 0.05) is 40.7 Å². The Morgan fingerprint density at radius 3 is 2.26 bits per heavy atom. The maximum atomic E-state index is 14.9. The number of hydrogen-bond acceptors (Lipinski definition) is 5. The summed E-state index contributed by atoms with van der Waals surface area (Å²) in [4.78, 5) is 12.6. The van der Waals surface area contributed by atoms with Gasteiger partial charge in [0.05, 0.1) is 17.2 Å². The van der Waals surface area contributed by atoms with E-state index in [9.17, 15) is 14.8 Å². The summed E-state index contributed by atoms with van der Waals surface area (Å²) in [5.41, 5.74) is 0.173. The van der Waals surface area contributed by atoms with Crippen molar-refractivity contribution in [2.75, 3.05) is 0 Å². The zero-order valence-corrected chi connectivity index (χ0v) is 17.9. The summed E-state index contributed by atoms with van der Waals surface area (Å²) < 4.78 is 14.9. The second-order valence-corrected chi connectivity index (χ2v) is 9.26. The number of aromatic nitrogens is 3. The predicted octanol–water partition coefficient (Wildman–Crippen LogP) is 4.90. The maximum Gasteiger partial charge on any atom is 0.139 e. The first kappa shape index (κ1) is 21.1. The molecule has 1 aliphatic rings. The Hall–Kier alpha value is -3.17. The van der Waals surface area contributed by atoms with E-state index in [-0.39, 0.29) is 5.82 Å². The van der Waals surface area contributed by atoms with Crippen LogP contribution in [0.4, 0.5) is 4.39 Å². The van der Waals surface area contributed by atoms with Crippen molar-refractivity contribution < 1.29 is 9.50 Å². The van der Waals surface area contributed by atoms with Crippen LogP contribution in [-0.4, -0.2) is 20.1 Å². The minimum Gasteiger partial charge on any atom is -0.378 e. The van der Waals surface area contributed by atoms with Crippen molar-refractivity contribution in [3.05, 3.63) is 77.9 Å². The van der Waals surface area contributed by atoms with Crippen LogP contribution in [0.25, 0.3) is 11.1 Å². The molecule has 4 rings (SSSR count). The molecule has 0 bridgehead atoms. The largest absolute Gasteiger partial charge is 0.378 e. The molecule has 2 heterocycles. The normalized spacial score (nSPS) is 17.3. The van der Waals surface area contributed by atoms with E-state index < -0.39 is 16.4 Å². The first-order valence-electron chi connectivity index (χ1n) is 10.4. The molecule has 0 spiro atoms. The minimum atomic E-state index is -1.42. The molecule has 31 heavy (non-hydrogen) atoms. The minimum absolute atomic E-state index is 0.379. The standard InChI is InChI=1S/C25H25FN4O/c1-23(2,3)25(31,19-13-28-16-29-14-19)22-8-5-17(12-30-22)20-7-6-18(11-21(20)26)24(15-27)9-4-10-24/h5-8,11-14,16,31H,4,9-10H2,1-3H3. The molecule has 1 aromatic carbocycles. The van der Waals surface area contributed by atoms with Crippen molar-refractivity contribution >= 4 is 0 Å². The topological polar surface area (TPSA) is 82.7 Å². The van der Waals surface area contributed by atoms with Crippen molar-refractivity contribution in [1.82, 2.24) is 15.0 Å². The smallest absolute Gasteiger partial charge is 0.139 e. The third-order valence-electron chi connectivity index (χ3n) is 6.45. The van der Waals surface area contributed by atoms with E-state index in [1.807, 2.05) is 26.8 Å². The highest BCUT2D eigenvalue weighted by Crippen LogP contribution is 2.45. The summed E-state index contributed by atoms with van der Waals surface area (Å²) in [5.74, 6) is -0.379. The average molecular weight is 417 g/mol. The van der Waals surface area contributed by atoms with Crippen LogP contribution in [0.15, 0.2) is 55.2 Å². The molecule has 1 atom stereocenters. The summed E-state index contributed by atoms with van der Waals surface area (Å²) in [6, 6.07) is 10.8. The Labute approximate surface area is 181 Å². The Morgan fingerprint density at radius 1 is 1.06 bits per heavy atom. The van der Waals surface area contributed by atoms with Gasteiger partial charge < -0.3 is 5.11 Å². The van der Waals surface area contributed by atoms with Gasteiger partial charge in [0.15, 0.2) is 0 Å². The Balaban J connectivity index is 1.71. The molecule has 1 fully saturated rings. The first-order chi connectivity index (χ1) is 14.7. The lowest BCUT2D eigenvalue weighted by molar-refractivity contribution is -0.0301. The van der Waals surface area contributed by atoms with Crippen molar-refractivity contribution in [3.63, 3.8) is 0 Å². The van der Waals surface area contributed by atoms with Crippen LogP contribution in [0.2, 0.25) is 0 Å². The average Bonchev–Trinajstić information content (AvgIpc) is 2.73. The molecule has 0 amide bonds. The Kier molecular flexibility index (Phi) is 5.10. The van der Waals surface area contributed by atoms with Gasteiger partial charge in [-0.2, -0.15) is 5.26 Å². The predicted molar refractivity (Wildman–Crippen MR) is 115 cm³/mol. The SMILES string of the molecule is CC(C)(C)C(O)(c1cncnc1)c1ccc(-c2ccc(C3(C#N)CCC3)cc2F)cn1. The zero-order valence-electron chi connectivity index (χ0n) is 17.9. The van der Waals surface area contributed by atoms with E-state index in [0.717, 1.165) is 24.8 Å². The summed E-state index contributed by atoms with van der Waals surface area (Å²) in [5, 5.41) is 21.2. The van der Waals surface area contributed by atoms with Gasteiger partial charge in [0.2, 0.25) is 0 Å². The van der Waals surface area contributed by atoms with Crippen LogP contribution in [0.3, 0.4) is 0 Å². The number of nitriles is 1. The summed E-state index contributed by atoms with van der Waals surface area (Å²) in [6.07, 6.45) is 8.67. The van der Waals surface area contributed by atoms with E-state index in [4.69, 9.17) is 0 Å². The molecule has 1 aliphatic carbocycles. The van der Waals surface area contributed by atoms with Gasteiger partial charge >= 0.3 is 0 Å². The van der Waals surface area contributed by atoms with E-state index in [1.54, 1.807) is 36.8 Å². The van der Waals surface area contributed by atoms with Gasteiger partial charge in [-0.25, -0.2) is 14.4 Å². The molecular weight excluding hydrogens is 391 g/mol. The lowest BCUT2D eigenvalue weighted by atomic mass is 9.65. The molecule has 0 saturated heterocycles. The van der Waals surface area contributed by atoms with Crippen LogP contribution in [-0.2, 0) is 11.0 Å². The third kappa shape index (κ3) is 3.39. The van der Waals surface area contributed by atoms with Crippen LogP contribution in [0.5, 0.6) is 0 Å². The quantitative estimate of drug-likeness (QED) is 0.654. The van der Waals surface area contributed by atoms with E-state index in [1.165, 1.54) is 12.4 Å². The molecule has 3 aromatic rings. The van der Waals surface area contributed by atoms with E-state index in [2.05, 4.69) is 21.0 Å². The monoisotopic (exact) mass is 416 g/mol. The lowest BCUT2D eigenvalue weighted by Crippen LogP contribution is -2.42. The highest BCUT2D eigenvalue weighted by Gasteiger charge is 2.45. The van der Waals surface area contributed by atoms with E-state index in [0.29, 0.717) is 22.4 Å². The summed E-state index contributed by atoms with van der Waals surface area (Å²) in [7, 11) is 0. The number of hydrogen-bond donors (Lipinski definition) is 1. The van der Waals surface area contributed by atoms with Crippen LogP contribution in [0.1, 0.15) is 56.9 Å². The highest BCUT2D eigenvalue weighted by molar-refractivity contribution is 5.64. The number of pyridine rings is 1. The van der Waals surface area contributed by atoms with Crippen LogP contribution < -0.4 is 0 Å². The molecule has 5 nitrogen and oxygen atoms in total. The molecule has 1 saturated carbocycles. The number of halogens is 1. The maximum absolute atomic E-state index is 14.9. The molecule has 1 unspecified atom stereocenters. The Morgan fingerprint density at radius 2 is 1.77 bits per heavy atom. The summed E-state index contributed by atoms with van der Waals surface area (Å²) in [6.45, 7) is 5.75. The van der Waals surface area contributed by atoms with E-state index >= 15 is 0 Å². The molecule has 158 valence electrons. The van der Waals surface area contributed by atoms with Crippen molar-refractivity contribution in [2.45, 2.75) is 51.0 Å². The molecule has 2 aromatic heterocycles. The molecule has 1 N–H and O–H groups in total. The molecule has 6 heteroatoms. The fraction of sp³-hybridized carbons (Fsp3) is 0.360. The van der Waals surface area contributed by atoms with Crippen molar-refractivity contribution in [2.24, 2.45) is 5.41 Å². The van der Waals surface area contributed by atoms with Crippen molar-refractivity contribution in [3.8, 4) is 17.2 Å². The van der Waals surface area contributed by atoms with Gasteiger partial charge in [-0.15, -0.1) is 0 Å². The molecule has 0 aliphatic heterocycles. The number of rotatable bonds is 4. The fourth-order valence-corrected chi connectivity index (χ4v) is 4.26. The zero-order chi connectivity index (χ0) is 22.3. The molecular formula is C25H25FN4O. The van der Waals surface area contributed by atoms with Gasteiger partial charge in [-0.05, 0) is 37.0 Å². The highest BCUT2D eigenvalue weighted by atomic mass is 19.1. The number of benzene rings is 1. The van der Waals surface area contributed by atoms with Gasteiger partial charge in [-0.3, -0.25) is 4.98 Å². The first-order valence-corrected chi connectivity index (χ1v) is 10.4. The van der Waals surface area contributed by atoms with Crippen molar-refractivity contribution in [1.29, 1.82) is 5.26 Å². The fourth-order valence-electron chi connectivity index (χ4n) is 4.26. The van der Waals surface area contributed by atoms with Gasteiger partial charge in [0.25, 0.3) is 0 Å². The molecule has 0 radical (unpaired) electrons.